The maximum Gasteiger partial charge on any atom is 0.146 e. The van der Waals surface area contributed by atoms with Gasteiger partial charge in [-0.15, -0.1) is 0 Å². The van der Waals surface area contributed by atoms with Crippen molar-refractivity contribution in [3.05, 3.63) is 30.1 Å². The van der Waals surface area contributed by atoms with Crippen molar-refractivity contribution >= 4 is 5.69 Å². The summed E-state index contributed by atoms with van der Waals surface area (Å²) in [4.78, 5) is 4.69. The van der Waals surface area contributed by atoms with Crippen molar-refractivity contribution in [2.45, 2.75) is 32.7 Å². The minimum Gasteiger partial charge on any atom is -0.367 e. The number of piperazine rings is 1. The van der Waals surface area contributed by atoms with Gasteiger partial charge >= 0.3 is 0 Å². The van der Waals surface area contributed by atoms with Crippen LogP contribution in [0.25, 0.3) is 0 Å². The smallest absolute Gasteiger partial charge is 0.146 e. The predicted octanol–water partition coefficient (Wildman–Crippen LogP) is 2.73. The normalized spacial score (nSPS) is 18.0. The third-order valence-corrected chi connectivity index (χ3v) is 4.36. The Hall–Kier alpha value is -1.13. The van der Waals surface area contributed by atoms with Gasteiger partial charge in [-0.05, 0) is 45.0 Å². The van der Waals surface area contributed by atoms with Crippen LogP contribution in [0.5, 0.6) is 0 Å². The predicted molar refractivity (Wildman–Crippen MR) is 87.4 cm³/mol. The molecular weight excluding hydrogens is 265 g/mol. The fourth-order valence-corrected chi connectivity index (χ4v) is 2.99. The molecule has 1 aromatic carbocycles. The van der Waals surface area contributed by atoms with Gasteiger partial charge in [-0.3, -0.25) is 4.90 Å². The van der Waals surface area contributed by atoms with Crippen LogP contribution in [0.3, 0.4) is 0 Å². The average Bonchev–Trinajstić information content (AvgIpc) is 2.52. The Balaban J connectivity index is 1.76. The van der Waals surface area contributed by atoms with Crippen molar-refractivity contribution in [3.63, 3.8) is 0 Å². The lowest BCUT2D eigenvalue weighted by Gasteiger charge is -2.39. The molecule has 118 valence electrons. The van der Waals surface area contributed by atoms with Crippen LogP contribution in [0.2, 0.25) is 0 Å². The minimum absolute atomic E-state index is 0.107. The first-order valence-corrected chi connectivity index (χ1v) is 8.16. The molecule has 1 atom stereocenters. The van der Waals surface area contributed by atoms with Crippen LogP contribution in [0, 0.1) is 5.82 Å². The van der Waals surface area contributed by atoms with Gasteiger partial charge < -0.3 is 10.2 Å². The molecule has 0 bridgehead atoms. The number of anilines is 1. The first-order chi connectivity index (χ1) is 10.2. The molecule has 1 heterocycles. The second kappa shape index (κ2) is 8.35. The summed E-state index contributed by atoms with van der Waals surface area (Å²) >= 11 is 0. The van der Waals surface area contributed by atoms with E-state index in [-0.39, 0.29) is 5.82 Å². The van der Waals surface area contributed by atoms with Crippen LogP contribution < -0.4 is 10.2 Å². The molecule has 3 nitrogen and oxygen atoms in total. The zero-order valence-corrected chi connectivity index (χ0v) is 13.3. The van der Waals surface area contributed by atoms with E-state index >= 15 is 0 Å². The van der Waals surface area contributed by atoms with E-state index in [2.05, 4.69) is 29.0 Å². The largest absolute Gasteiger partial charge is 0.367 e. The number of rotatable bonds is 7. The van der Waals surface area contributed by atoms with Crippen LogP contribution >= 0.6 is 0 Å². The maximum atomic E-state index is 13.8. The Bertz CT molecular complexity index is 416. The van der Waals surface area contributed by atoms with E-state index in [9.17, 15) is 4.39 Å². The molecule has 0 amide bonds. The highest BCUT2D eigenvalue weighted by Gasteiger charge is 2.22. The number of benzene rings is 1. The number of hydrogen-bond acceptors (Lipinski definition) is 3. The Morgan fingerprint density at radius 1 is 1.19 bits per heavy atom. The molecule has 1 fully saturated rings. The Morgan fingerprint density at radius 3 is 2.57 bits per heavy atom. The highest BCUT2D eigenvalue weighted by Crippen LogP contribution is 2.21. The highest BCUT2D eigenvalue weighted by atomic mass is 19.1. The summed E-state index contributed by atoms with van der Waals surface area (Å²) in [5.41, 5.74) is 0.747. The molecule has 0 aromatic heterocycles. The van der Waals surface area contributed by atoms with Crippen molar-refractivity contribution < 1.29 is 4.39 Å². The Morgan fingerprint density at radius 2 is 1.90 bits per heavy atom. The molecule has 1 aliphatic rings. The summed E-state index contributed by atoms with van der Waals surface area (Å²) < 4.78 is 13.8. The van der Waals surface area contributed by atoms with Gasteiger partial charge in [0.1, 0.15) is 5.82 Å². The number of hydrogen-bond donors (Lipinski definition) is 1. The molecule has 2 rings (SSSR count). The molecule has 1 saturated heterocycles. The zero-order valence-electron chi connectivity index (χ0n) is 13.3. The van der Waals surface area contributed by atoms with Crippen LogP contribution in [-0.2, 0) is 0 Å². The van der Waals surface area contributed by atoms with Crippen molar-refractivity contribution in [2.24, 2.45) is 0 Å². The summed E-state index contributed by atoms with van der Waals surface area (Å²) in [5.74, 6) is -0.107. The molecule has 0 spiro atoms. The fourth-order valence-electron chi connectivity index (χ4n) is 2.99. The topological polar surface area (TPSA) is 18.5 Å². The summed E-state index contributed by atoms with van der Waals surface area (Å²) in [6, 6.07) is 7.71. The van der Waals surface area contributed by atoms with E-state index in [0.29, 0.717) is 6.04 Å². The van der Waals surface area contributed by atoms with Gasteiger partial charge in [-0.1, -0.05) is 19.1 Å². The third kappa shape index (κ3) is 4.68. The van der Waals surface area contributed by atoms with Gasteiger partial charge in [0.25, 0.3) is 0 Å². The summed E-state index contributed by atoms with van der Waals surface area (Å²) in [6.45, 7) is 10.5. The quantitative estimate of drug-likeness (QED) is 0.780. The highest BCUT2D eigenvalue weighted by molar-refractivity contribution is 5.47. The number of halogens is 1. The summed E-state index contributed by atoms with van der Waals surface area (Å²) in [6.07, 6.45) is 2.45. The molecule has 0 radical (unpaired) electrons. The minimum atomic E-state index is -0.107. The van der Waals surface area contributed by atoms with Crippen molar-refractivity contribution in [3.8, 4) is 0 Å². The van der Waals surface area contributed by atoms with Gasteiger partial charge in [-0.25, -0.2) is 4.39 Å². The van der Waals surface area contributed by atoms with Crippen LogP contribution in [0.15, 0.2) is 24.3 Å². The third-order valence-electron chi connectivity index (χ3n) is 4.36. The second-order valence-electron chi connectivity index (χ2n) is 5.82. The SMILES string of the molecule is CCNCCCC(C)N1CCN(c2ccccc2F)CC1. The van der Waals surface area contributed by atoms with Gasteiger partial charge in [0, 0.05) is 32.2 Å². The first-order valence-electron chi connectivity index (χ1n) is 8.16. The molecular formula is C17H28FN3. The molecule has 1 N–H and O–H groups in total. The molecule has 21 heavy (non-hydrogen) atoms. The van der Waals surface area contributed by atoms with Crippen LogP contribution in [0.1, 0.15) is 26.7 Å². The van der Waals surface area contributed by atoms with Crippen LogP contribution in [0.4, 0.5) is 10.1 Å². The van der Waals surface area contributed by atoms with Crippen molar-refractivity contribution in [2.75, 3.05) is 44.2 Å². The van der Waals surface area contributed by atoms with Gasteiger partial charge in [-0.2, -0.15) is 0 Å². The van der Waals surface area contributed by atoms with Crippen molar-refractivity contribution in [1.82, 2.24) is 10.2 Å². The van der Waals surface area contributed by atoms with Gasteiger partial charge in [0.05, 0.1) is 5.69 Å². The lowest BCUT2D eigenvalue weighted by molar-refractivity contribution is 0.186. The molecule has 1 unspecified atom stereocenters. The molecule has 0 saturated carbocycles. The Kier molecular flexibility index (Phi) is 6.46. The standard InChI is InChI=1S/C17H28FN3/c1-3-19-10-6-7-15(2)20-11-13-21(14-12-20)17-9-5-4-8-16(17)18/h4-5,8-9,15,19H,3,6-7,10-14H2,1-2H3. The second-order valence-corrected chi connectivity index (χ2v) is 5.82. The Labute approximate surface area is 128 Å². The fraction of sp³-hybridized carbons (Fsp3) is 0.647. The van der Waals surface area contributed by atoms with Crippen molar-refractivity contribution in [1.29, 1.82) is 0 Å². The molecule has 1 aromatic rings. The molecule has 0 aliphatic carbocycles. The van der Waals surface area contributed by atoms with E-state index in [4.69, 9.17) is 0 Å². The summed E-state index contributed by atoms with van der Waals surface area (Å²) in [7, 11) is 0. The monoisotopic (exact) mass is 293 g/mol. The van der Waals surface area contributed by atoms with E-state index in [0.717, 1.165) is 45.0 Å². The van der Waals surface area contributed by atoms with Gasteiger partial charge in [0.2, 0.25) is 0 Å². The van der Waals surface area contributed by atoms with Crippen LogP contribution in [-0.4, -0.2) is 50.2 Å². The average molecular weight is 293 g/mol. The first kappa shape index (κ1) is 16.2. The van der Waals surface area contributed by atoms with E-state index in [1.165, 1.54) is 12.8 Å². The number of para-hydroxylation sites is 1. The van der Waals surface area contributed by atoms with E-state index in [1.807, 2.05) is 12.1 Å². The van der Waals surface area contributed by atoms with E-state index in [1.54, 1.807) is 12.1 Å². The lowest BCUT2D eigenvalue weighted by Crippen LogP contribution is -2.50. The number of nitrogens with zero attached hydrogens (tertiary/aromatic N) is 2. The molecule has 4 heteroatoms. The summed E-state index contributed by atoms with van der Waals surface area (Å²) in [5, 5.41) is 3.37. The van der Waals surface area contributed by atoms with Gasteiger partial charge in [0.15, 0.2) is 0 Å². The lowest BCUT2D eigenvalue weighted by atomic mass is 10.1. The molecule has 1 aliphatic heterocycles. The van der Waals surface area contributed by atoms with E-state index < -0.39 is 0 Å². The maximum absolute atomic E-state index is 13.8. The zero-order chi connectivity index (χ0) is 15.1. The number of nitrogens with one attached hydrogen (secondary N) is 1.